The van der Waals surface area contributed by atoms with Crippen LogP contribution >= 0.6 is 12.1 Å². The molecule has 1 aromatic rings. The highest BCUT2D eigenvalue weighted by Crippen LogP contribution is 2.29. The first-order valence-corrected chi connectivity index (χ1v) is 8.90. The van der Waals surface area contributed by atoms with E-state index in [1.165, 1.54) is 24.3 Å². The highest BCUT2D eigenvalue weighted by atomic mass is 32.2. The standard InChI is InChI=1S/C18H12F2N6S/c19-14-3-1-2-13(17(14)20)18-23-15-8-21-25(10-16(15)24-18)9-11-4-5-26-12(6-11)7-22-27-26/h1-8,10,22H,9H2. The highest BCUT2D eigenvalue weighted by Gasteiger charge is 2.19. The lowest BCUT2D eigenvalue weighted by Gasteiger charge is -2.17. The number of halogens is 2. The van der Waals surface area contributed by atoms with Crippen LogP contribution in [-0.4, -0.2) is 24.1 Å². The Balaban J connectivity index is 1.46. The first-order valence-electron chi connectivity index (χ1n) is 8.13. The number of fused-ring (bicyclic) bond motifs is 2. The Morgan fingerprint density at radius 1 is 1.15 bits per heavy atom. The second kappa shape index (κ2) is 6.20. The summed E-state index contributed by atoms with van der Waals surface area (Å²) in [4.78, 5) is 8.61. The molecule has 5 rings (SSSR count). The molecule has 0 saturated carbocycles. The van der Waals surface area contributed by atoms with Crippen LogP contribution in [0.25, 0.3) is 22.8 Å². The maximum atomic E-state index is 14.0. The molecule has 0 aromatic heterocycles. The number of imidazole rings is 1. The zero-order valence-electron chi connectivity index (χ0n) is 13.8. The van der Waals surface area contributed by atoms with Crippen molar-refractivity contribution in [3.05, 3.63) is 78.0 Å². The van der Waals surface area contributed by atoms with Crippen molar-refractivity contribution in [2.24, 2.45) is 0 Å². The molecule has 0 fully saturated rings. The summed E-state index contributed by atoms with van der Waals surface area (Å²) in [6.07, 6.45) is 11.3. The van der Waals surface area contributed by atoms with Gasteiger partial charge in [-0.25, -0.2) is 18.7 Å². The SMILES string of the molecule is Fc1cccc(-c2nc3cnn(CC4=CC5=CNSN5C=C4)cc-3n2)c1F. The minimum Gasteiger partial charge on any atom is -0.316 e. The third kappa shape index (κ3) is 2.85. The quantitative estimate of drug-likeness (QED) is 0.700. The van der Waals surface area contributed by atoms with Gasteiger partial charge in [0.2, 0.25) is 0 Å². The van der Waals surface area contributed by atoms with Gasteiger partial charge in [0.05, 0.1) is 42.3 Å². The van der Waals surface area contributed by atoms with Crippen molar-refractivity contribution in [2.75, 3.05) is 0 Å². The van der Waals surface area contributed by atoms with E-state index in [1.807, 2.05) is 22.8 Å². The first-order chi connectivity index (χ1) is 13.2. The number of hydrogen-bond donors (Lipinski definition) is 1. The molecule has 0 amide bonds. The van der Waals surface area contributed by atoms with Gasteiger partial charge in [-0.15, -0.1) is 0 Å². The third-order valence-electron chi connectivity index (χ3n) is 4.22. The molecule has 0 saturated heterocycles. The lowest BCUT2D eigenvalue weighted by atomic mass is 10.1. The molecular weight excluding hydrogens is 370 g/mol. The van der Waals surface area contributed by atoms with Crippen molar-refractivity contribution >= 4 is 12.1 Å². The van der Waals surface area contributed by atoms with Crippen LogP contribution in [0.3, 0.4) is 0 Å². The van der Waals surface area contributed by atoms with Crippen LogP contribution in [0.5, 0.6) is 0 Å². The van der Waals surface area contributed by atoms with E-state index in [0.29, 0.717) is 17.9 Å². The molecule has 0 aliphatic carbocycles. The van der Waals surface area contributed by atoms with Crippen molar-refractivity contribution in [1.29, 1.82) is 0 Å². The fourth-order valence-corrected chi connectivity index (χ4v) is 3.53. The summed E-state index contributed by atoms with van der Waals surface area (Å²) in [5, 5.41) is 4.35. The summed E-state index contributed by atoms with van der Waals surface area (Å²) < 4.78 is 34.3. The number of allylic oxidation sites excluding steroid dienone is 3. The molecule has 0 spiro atoms. The van der Waals surface area contributed by atoms with E-state index < -0.39 is 11.6 Å². The number of benzene rings is 1. The largest absolute Gasteiger partial charge is 0.316 e. The van der Waals surface area contributed by atoms with Gasteiger partial charge in [0.15, 0.2) is 17.5 Å². The molecule has 0 unspecified atom stereocenters. The van der Waals surface area contributed by atoms with Gasteiger partial charge in [0.25, 0.3) is 0 Å². The average Bonchev–Trinajstić information content (AvgIpc) is 3.29. The number of hydrogen-bond acceptors (Lipinski definition) is 6. The molecule has 9 heteroatoms. The van der Waals surface area contributed by atoms with E-state index in [1.54, 1.807) is 17.1 Å². The summed E-state index contributed by atoms with van der Waals surface area (Å²) in [7, 11) is 0. The molecule has 1 N–H and O–H groups in total. The maximum absolute atomic E-state index is 14.0. The fourth-order valence-electron chi connectivity index (χ4n) is 2.91. The van der Waals surface area contributed by atoms with Crippen LogP contribution in [0.2, 0.25) is 0 Å². The molecule has 4 aliphatic rings. The lowest BCUT2D eigenvalue weighted by Crippen LogP contribution is -2.11. The highest BCUT2D eigenvalue weighted by molar-refractivity contribution is 7.95. The predicted molar refractivity (Wildman–Crippen MR) is 97.7 cm³/mol. The van der Waals surface area contributed by atoms with Gasteiger partial charge >= 0.3 is 0 Å². The summed E-state index contributed by atoms with van der Waals surface area (Å²) in [6, 6.07) is 3.96. The van der Waals surface area contributed by atoms with E-state index in [-0.39, 0.29) is 11.4 Å². The molecular formula is C18H12F2N6S. The van der Waals surface area contributed by atoms with Crippen LogP contribution in [0.1, 0.15) is 0 Å². The third-order valence-corrected chi connectivity index (χ3v) is 4.97. The summed E-state index contributed by atoms with van der Waals surface area (Å²) in [6.45, 7) is 0.554. The number of nitrogens with zero attached hydrogens (tertiary/aromatic N) is 5. The average molecular weight is 382 g/mol. The molecule has 0 radical (unpaired) electrons. The monoisotopic (exact) mass is 382 g/mol. The normalized spacial score (nSPS) is 15.6. The molecule has 4 aliphatic heterocycles. The fraction of sp³-hybridized carbons (Fsp3) is 0.0556. The van der Waals surface area contributed by atoms with Crippen LogP contribution in [0.4, 0.5) is 8.78 Å². The van der Waals surface area contributed by atoms with Gasteiger partial charge in [0.1, 0.15) is 11.4 Å². The minimum atomic E-state index is -0.952. The number of rotatable bonds is 3. The van der Waals surface area contributed by atoms with Crippen molar-refractivity contribution in [3.63, 3.8) is 0 Å². The van der Waals surface area contributed by atoms with Crippen LogP contribution in [-0.2, 0) is 6.54 Å². The molecule has 0 bridgehead atoms. The Labute approximate surface area is 157 Å². The Kier molecular flexibility index (Phi) is 3.68. The summed E-state index contributed by atoms with van der Waals surface area (Å²) in [5.41, 5.74) is 3.28. The van der Waals surface area contributed by atoms with Gasteiger partial charge < -0.3 is 4.72 Å². The number of nitrogens with one attached hydrogen (secondary N) is 1. The minimum absolute atomic E-state index is 0.0361. The van der Waals surface area contributed by atoms with Crippen LogP contribution < -0.4 is 4.72 Å². The zero-order valence-corrected chi connectivity index (χ0v) is 14.6. The van der Waals surface area contributed by atoms with Crippen LogP contribution in [0.15, 0.2) is 66.4 Å². The maximum Gasteiger partial charge on any atom is 0.169 e. The van der Waals surface area contributed by atoms with E-state index >= 15 is 0 Å². The lowest BCUT2D eigenvalue weighted by molar-refractivity contribution is 0.510. The zero-order chi connectivity index (χ0) is 18.4. The van der Waals surface area contributed by atoms with Gasteiger partial charge in [-0.05, 0) is 29.9 Å². The van der Waals surface area contributed by atoms with Crippen molar-refractivity contribution in [2.45, 2.75) is 6.54 Å². The molecule has 6 nitrogen and oxygen atoms in total. The van der Waals surface area contributed by atoms with Gasteiger partial charge in [0, 0.05) is 12.4 Å². The molecule has 4 heterocycles. The Morgan fingerprint density at radius 2 is 2.04 bits per heavy atom. The summed E-state index contributed by atoms with van der Waals surface area (Å²) >= 11 is 1.50. The second-order valence-electron chi connectivity index (χ2n) is 6.03. The first kappa shape index (κ1) is 16.0. The molecule has 1 aromatic carbocycles. The Morgan fingerprint density at radius 3 is 2.96 bits per heavy atom. The molecule has 27 heavy (non-hydrogen) atoms. The molecule has 134 valence electrons. The van der Waals surface area contributed by atoms with Crippen molar-refractivity contribution < 1.29 is 8.78 Å². The van der Waals surface area contributed by atoms with Gasteiger partial charge in [-0.2, -0.15) is 5.10 Å². The van der Waals surface area contributed by atoms with E-state index in [9.17, 15) is 8.78 Å². The smallest absolute Gasteiger partial charge is 0.169 e. The predicted octanol–water partition coefficient (Wildman–Crippen LogP) is 3.49. The van der Waals surface area contributed by atoms with Gasteiger partial charge in [-0.3, -0.25) is 8.99 Å². The topological polar surface area (TPSA) is 58.9 Å². The second-order valence-corrected chi connectivity index (χ2v) is 6.84. The van der Waals surface area contributed by atoms with Crippen LogP contribution in [0, 0.1) is 11.6 Å². The van der Waals surface area contributed by atoms with Crippen molar-refractivity contribution in [3.8, 4) is 22.8 Å². The Bertz CT molecular complexity index is 1100. The van der Waals surface area contributed by atoms with Crippen molar-refractivity contribution in [1.82, 2.24) is 28.8 Å². The summed E-state index contributed by atoms with van der Waals surface area (Å²) in [5.74, 6) is -1.73. The van der Waals surface area contributed by atoms with E-state index in [4.69, 9.17) is 0 Å². The number of aromatic nitrogens is 4. The van der Waals surface area contributed by atoms with Gasteiger partial charge in [-0.1, -0.05) is 6.07 Å². The molecule has 0 atom stereocenters. The Hall–Kier alpha value is -3.20. The van der Waals surface area contributed by atoms with E-state index in [0.717, 1.165) is 17.3 Å². The van der Waals surface area contributed by atoms with E-state index in [2.05, 4.69) is 25.9 Å².